The highest BCUT2D eigenvalue weighted by Gasteiger charge is 2.20. The van der Waals surface area contributed by atoms with Crippen LogP contribution in [-0.4, -0.2) is 18.9 Å². The van der Waals surface area contributed by atoms with Gasteiger partial charge < -0.3 is 10.1 Å². The van der Waals surface area contributed by atoms with E-state index in [1.165, 1.54) is 0 Å². The van der Waals surface area contributed by atoms with Crippen molar-refractivity contribution in [3.63, 3.8) is 0 Å². The molecule has 1 aromatic rings. The van der Waals surface area contributed by atoms with Crippen LogP contribution >= 0.6 is 0 Å². The van der Waals surface area contributed by atoms with Crippen LogP contribution in [0.2, 0.25) is 0 Å². The molecule has 1 aromatic carbocycles. The lowest BCUT2D eigenvalue weighted by atomic mass is 10.0. The molecule has 0 fully saturated rings. The molecule has 1 aliphatic heterocycles. The van der Waals surface area contributed by atoms with E-state index in [1.807, 2.05) is 26.8 Å². The van der Waals surface area contributed by atoms with Gasteiger partial charge in [0.05, 0.1) is 11.7 Å². The smallest absolute Gasteiger partial charge is 0.154 e. The minimum Gasteiger partial charge on any atom is -0.490 e. The van der Waals surface area contributed by atoms with Crippen LogP contribution in [0.25, 0.3) is 0 Å². The summed E-state index contributed by atoms with van der Waals surface area (Å²) >= 11 is 0. The first-order valence-electron chi connectivity index (χ1n) is 5.65. The van der Waals surface area contributed by atoms with E-state index in [2.05, 4.69) is 5.32 Å². The number of benzene rings is 1. The van der Waals surface area contributed by atoms with E-state index in [1.54, 1.807) is 0 Å². The quantitative estimate of drug-likeness (QED) is 0.794. The Balaban J connectivity index is 2.53. The number of ether oxygens (including phenoxy) is 1. The highest BCUT2D eigenvalue weighted by molar-refractivity contribution is 5.87. The molecule has 0 atom stereocenters. The Bertz CT molecular complexity index is 424. The first kappa shape index (κ1) is 11.0. The molecule has 0 radical (unpaired) electrons. The molecule has 1 heterocycles. The fourth-order valence-corrected chi connectivity index (χ4v) is 2.17. The van der Waals surface area contributed by atoms with Crippen LogP contribution in [0.5, 0.6) is 5.75 Å². The van der Waals surface area contributed by atoms with Crippen molar-refractivity contribution < 1.29 is 9.53 Å². The number of aldehydes is 1. The standard InChI is InChI=1S/C13H17NO2/c1-8(2)16-12-6-9(3)13-10(4-5-14-13)11(12)7-15/h6-8,14H,4-5H2,1-3H3. The second-order valence-corrected chi connectivity index (χ2v) is 4.42. The molecule has 3 heteroatoms. The molecule has 1 N–H and O–H groups in total. The van der Waals surface area contributed by atoms with Gasteiger partial charge in [-0.1, -0.05) is 0 Å². The zero-order valence-corrected chi connectivity index (χ0v) is 9.96. The maximum Gasteiger partial charge on any atom is 0.154 e. The monoisotopic (exact) mass is 219 g/mol. The zero-order valence-electron chi connectivity index (χ0n) is 9.96. The Morgan fingerprint density at radius 2 is 2.25 bits per heavy atom. The third kappa shape index (κ3) is 1.77. The van der Waals surface area contributed by atoms with E-state index < -0.39 is 0 Å². The van der Waals surface area contributed by atoms with Crippen LogP contribution in [0.3, 0.4) is 0 Å². The molecule has 0 saturated heterocycles. The second-order valence-electron chi connectivity index (χ2n) is 4.42. The maximum atomic E-state index is 11.2. The summed E-state index contributed by atoms with van der Waals surface area (Å²) in [6.07, 6.45) is 1.90. The summed E-state index contributed by atoms with van der Waals surface area (Å²) in [5.74, 6) is 0.713. The van der Waals surface area contributed by atoms with Gasteiger partial charge >= 0.3 is 0 Å². The highest BCUT2D eigenvalue weighted by atomic mass is 16.5. The third-order valence-corrected chi connectivity index (χ3v) is 2.79. The Hall–Kier alpha value is -1.51. The van der Waals surface area contributed by atoms with Gasteiger partial charge in [0.15, 0.2) is 6.29 Å². The summed E-state index contributed by atoms with van der Waals surface area (Å²) in [4.78, 5) is 11.2. The predicted octanol–water partition coefficient (Wildman–Crippen LogP) is 2.56. The molecule has 0 aliphatic carbocycles. The van der Waals surface area contributed by atoms with E-state index in [0.717, 1.165) is 36.1 Å². The largest absolute Gasteiger partial charge is 0.490 e. The molecule has 0 amide bonds. The number of fused-ring (bicyclic) bond motifs is 1. The normalized spacial score (nSPS) is 13.5. The first-order valence-corrected chi connectivity index (χ1v) is 5.65. The van der Waals surface area contributed by atoms with Gasteiger partial charge in [0, 0.05) is 12.2 Å². The molecule has 0 bridgehead atoms. The van der Waals surface area contributed by atoms with Crippen LogP contribution in [-0.2, 0) is 6.42 Å². The third-order valence-electron chi connectivity index (χ3n) is 2.79. The predicted molar refractivity (Wildman–Crippen MR) is 64.5 cm³/mol. The van der Waals surface area contributed by atoms with Gasteiger partial charge in [-0.05, 0) is 44.4 Å². The highest BCUT2D eigenvalue weighted by Crippen LogP contribution is 2.35. The molecular formula is C13H17NO2. The Labute approximate surface area is 95.8 Å². The Morgan fingerprint density at radius 3 is 2.88 bits per heavy atom. The lowest BCUT2D eigenvalue weighted by molar-refractivity contribution is 0.111. The fourth-order valence-electron chi connectivity index (χ4n) is 2.17. The number of rotatable bonds is 3. The molecule has 0 unspecified atom stereocenters. The number of carbonyl (C=O) groups excluding carboxylic acids is 1. The summed E-state index contributed by atoms with van der Waals surface area (Å²) in [5, 5.41) is 3.31. The minimum absolute atomic E-state index is 0.0884. The summed E-state index contributed by atoms with van der Waals surface area (Å²) in [6.45, 7) is 6.88. The van der Waals surface area contributed by atoms with Crippen molar-refractivity contribution in [3.8, 4) is 5.75 Å². The topological polar surface area (TPSA) is 38.3 Å². The van der Waals surface area contributed by atoms with E-state index in [0.29, 0.717) is 11.3 Å². The number of hydrogen-bond donors (Lipinski definition) is 1. The summed E-state index contributed by atoms with van der Waals surface area (Å²) in [6, 6.07) is 1.95. The summed E-state index contributed by atoms with van der Waals surface area (Å²) in [7, 11) is 0. The van der Waals surface area contributed by atoms with E-state index >= 15 is 0 Å². The number of nitrogens with one attached hydrogen (secondary N) is 1. The summed E-state index contributed by atoms with van der Waals surface area (Å²) < 4.78 is 5.68. The average molecular weight is 219 g/mol. The molecule has 3 nitrogen and oxygen atoms in total. The number of aryl methyl sites for hydroxylation is 1. The van der Waals surface area contributed by atoms with Crippen molar-refractivity contribution >= 4 is 12.0 Å². The maximum absolute atomic E-state index is 11.2. The minimum atomic E-state index is 0.0884. The van der Waals surface area contributed by atoms with E-state index in [9.17, 15) is 4.79 Å². The van der Waals surface area contributed by atoms with E-state index in [4.69, 9.17) is 4.74 Å². The fraction of sp³-hybridized carbons (Fsp3) is 0.462. The molecule has 0 saturated carbocycles. The van der Waals surface area contributed by atoms with Crippen LogP contribution in [0, 0.1) is 6.92 Å². The van der Waals surface area contributed by atoms with Crippen LogP contribution < -0.4 is 10.1 Å². The van der Waals surface area contributed by atoms with Gasteiger partial charge in [0.25, 0.3) is 0 Å². The number of carbonyl (C=O) groups is 1. The summed E-state index contributed by atoms with van der Waals surface area (Å²) in [5.41, 5.74) is 4.07. The lowest BCUT2D eigenvalue weighted by Crippen LogP contribution is -2.09. The van der Waals surface area contributed by atoms with Crippen molar-refractivity contribution in [1.82, 2.24) is 0 Å². The Kier molecular flexibility index (Phi) is 2.86. The van der Waals surface area contributed by atoms with Crippen molar-refractivity contribution in [3.05, 3.63) is 22.8 Å². The average Bonchev–Trinajstić information content (AvgIpc) is 2.66. The van der Waals surface area contributed by atoms with Gasteiger partial charge in [0.1, 0.15) is 5.75 Å². The van der Waals surface area contributed by atoms with Crippen molar-refractivity contribution in [1.29, 1.82) is 0 Å². The van der Waals surface area contributed by atoms with Gasteiger partial charge in [-0.3, -0.25) is 4.79 Å². The van der Waals surface area contributed by atoms with Crippen molar-refractivity contribution in [2.45, 2.75) is 33.3 Å². The zero-order chi connectivity index (χ0) is 11.7. The molecule has 2 rings (SSSR count). The van der Waals surface area contributed by atoms with Crippen LogP contribution in [0.4, 0.5) is 5.69 Å². The molecule has 1 aliphatic rings. The SMILES string of the molecule is Cc1cc(OC(C)C)c(C=O)c2c1NCC2. The Morgan fingerprint density at radius 1 is 1.50 bits per heavy atom. The van der Waals surface area contributed by atoms with E-state index in [-0.39, 0.29) is 6.10 Å². The van der Waals surface area contributed by atoms with Gasteiger partial charge in [-0.2, -0.15) is 0 Å². The molecule has 16 heavy (non-hydrogen) atoms. The van der Waals surface area contributed by atoms with Crippen LogP contribution in [0.1, 0.15) is 35.3 Å². The van der Waals surface area contributed by atoms with Gasteiger partial charge in [-0.15, -0.1) is 0 Å². The number of hydrogen-bond acceptors (Lipinski definition) is 3. The first-order chi connectivity index (χ1) is 7.63. The molecular weight excluding hydrogens is 202 g/mol. The second kappa shape index (κ2) is 4.16. The lowest BCUT2D eigenvalue weighted by Gasteiger charge is -2.16. The van der Waals surface area contributed by atoms with Crippen molar-refractivity contribution in [2.24, 2.45) is 0 Å². The van der Waals surface area contributed by atoms with Gasteiger partial charge in [0.2, 0.25) is 0 Å². The van der Waals surface area contributed by atoms with Crippen LogP contribution in [0.15, 0.2) is 6.07 Å². The number of anilines is 1. The molecule has 0 aromatic heterocycles. The molecule has 0 spiro atoms. The van der Waals surface area contributed by atoms with Crippen molar-refractivity contribution in [2.75, 3.05) is 11.9 Å². The van der Waals surface area contributed by atoms with Gasteiger partial charge in [-0.25, -0.2) is 0 Å². The molecule has 86 valence electrons.